The molecule has 3 nitrogen and oxygen atoms in total. The van der Waals surface area contributed by atoms with Crippen LogP contribution in [0.15, 0.2) is 36.5 Å². The summed E-state index contributed by atoms with van der Waals surface area (Å²) < 4.78 is 11.4. The first-order chi connectivity index (χ1) is 8.78. The Hall–Kier alpha value is -1.58. The van der Waals surface area contributed by atoms with E-state index in [-0.39, 0.29) is 5.60 Å². The van der Waals surface area contributed by atoms with Gasteiger partial charge in [0, 0.05) is 22.3 Å². The second-order valence-electron chi connectivity index (χ2n) is 4.63. The van der Waals surface area contributed by atoms with Gasteiger partial charge in [0.1, 0.15) is 5.75 Å². The van der Waals surface area contributed by atoms with Crippen LogP contribution < -0.4 is 4.74 Å². The summed E-state index contributed by atoms with van der Waals surface area (Å²) in [4.78, 5) is 4.49. The second-order valence-corrected chi connectivity index (χ2v) is 5.07. The van der Waals surface area contributed by atoms with Gasteiger partial charge < -0.3 is 9.47 Å². The first kappa shape index (κ1) is 10.4. The molecule has 2 aliphatic rings. The molecule has 3 heterocycles. The van der Waals surface area contributed by atoms with E-state index in [0.29, 0.717) is 18.2 Å². The Morgan fingerprint density at radius 1 is 1.22 bits per heavy atom. The molecule has 1 spiro atoms. The van der Waals surface area contributed by atoms with Crippen LogP contribution in [0.3, 0.4) is 0 Å². The van der Waals surface area contributed by atoms with E-state index in [9.17, 15) is 0 Å². The first-order valence-electron chi connectivity index (χ1n) is 5.81. The minimum absolute atomic E-state index is 0.374. The summed E-state index contributed by atoms with van der Waals surface area (Å²) >= 11 is 6.03. The topological polar surface area (TPSA) is 31.4 Å². The molecule has 0 unspecified atom stereocenters. The highest BCUT2D eigenvalue weighted by molar-refractivity contribution is 6.30. The molecule has 18 heavy (non-hydrogen) atoms. The van der Waals surface area contributed by atoms with Crippen molar-refractivity contribution < 1.29 is 9.47 Å². The lowest BCUT2D eigenvalue weighted by molar-refractivity contribution is -0.169. The third-order valence-corrected chi connectivity index (χ3v) is 3.71. The molecule has 90 valence electrons. The van der Waals surface area contributed by atoms with Crippen molar-refractivity contribution in [2.75, 3.05) is 13.2 Å². The van der Waals surface area contributed by atoms with E-state index in [1.807, 2.05) is 24.3 Å². The molecule has 0 radical (unpaired) electrons. The van der Waals surface area contributed by atoms with Crippen LogP contribution in [0.5, 0.6) is 5.75 Å². The molecular weight excluding hydrogens is 250 g/mol. The molecule has 1 aromatic carbocycles. The maximum atomic E-state index is 6.11. The van der Waals surface area contributed by atoms with Crippen LogP contribution in [0.2, 0.25) is 5.02 Å². The molecule has 1 aromatic heterocycles. The summed E-state index contributed by atoms with van der Waals surface area (Å²) in [5.74, 6) is 0.789. The standard InChI is InChI=1S/C14H10ClNO2/c15-9-3-4-10-12(6-9)18-14(7-17-8-14)11-2-1-5-16-13(10)11/h1-6H,7-8H2. The number of aromatic nitrogens is 1. The number of hydrogen-bond donors (Lipinski definition) is 0. The summed E-state index contributed by atoms with van der Waals surface area (Å²) in [6, 6.07) is 9.65. The average molecular weight is 260 g/mol. The molecule has 0 saturated carbocycles. The number of nitrogens with zero attached hydrogens (tertiary/aromatic N) is 1. The van der Waals surface area contributed by atoms with Crippen molar-refractivity contribution >= 4 is 11.6 Å². The monoisotopic (exact) mass is 259 g/mol. The van der Waals surface area contributed by atoms with Gasteiger partial charge in [0.05, 0.1) is 18.9 Å². The summed E-state index contributed by atoms with van der Waals surface area (Å²) in [7, 11) is 0. The third kappa shape index (κ3) is 1.26. The predicted octanol–water partition coefficient (Wildman–Crippen LogP) is 3.02. The quantitative estimate of drug-likeness (QED) is 0.729. The molecule has 4 heteroatoms. The summed E-state index contributed by atoms with van der Waals surface area (Å²) in [6.07, 6.45) is 1.80. The van der Waals surface area contributed by atoms with Crippen molar-refractivity contribution in [2.24, 2.45) is 0 Å². The van der Waals surface area contributed by atoms with Gasteiger partial charge in [-0.1, -0.05) is 17.7 Å². The molecule has 1 saturated heterocycles. The van der Waals surface area contributed by atoms with Crippen LogP contribution in [0.4, 0.5) is 0 Å². The fourth-order valence-electron chi connectivity index (χ4n) is 2.53. The summed E-state index contributed by atoms with van der Waals surface area (Å²) in [5.41, 5.74) is 2.69. The Labute approximate surface area is 109 Å². The zero-order chi connectivity index (χ0) is 12.2. The van der Waals surface area contributed by atoms with Crippen molar-refractivity contribution in [1.29, 1.82) is 0 Å². The third-order valence-electron chi connectivity index (χ3n) is 3.47. The van der Waals surface area contributed by atoms with Crippen molar-refractivity contribution in [3.63, 3.8) is 0 Å². The van der Waals surface area contributed by atoms with Crippen molar-refractivity contribution in [3.05, 3.63) is 47.1 Å². The predicted molar refractivity (Wildman–Crippen MR) is 67.8 cm³/mol. The van der Waals surface area contributed by atoms with Gasteiger partial charge in [-0.3, -0.25) is 4.98 Å². The highest BCUT2D eigenvalue weighted by Gasteiger charge is 2.48. The highest BCUT2D eigenvalue weighted by Crippen LogP contribution is 2.47. The van der Waals surface area contributed by atoms with E-state index in [1.165, 1.54) is 0 Å². The highest BCUT2D eigenvalue weighted by atomic mass is 35.5. The molecule has 0 N–H and O–H groups in total. The largest absolute Gasteiger partial charge is 0.477 e. The molecule has 4 rings (SSSR count). The van der Waals surface area contributed by atoms with Gasteiger partial charge in [0.25, 0.3) is 0 Å². The SMILES string of the molecule is Clc1ccc2c(c1)OC1(COC1)c1cccnc1-2. The fourth-order valence-corrected chi connectivity index (χ4v) is 2.69. The van der Waals surface area contributed by atoms with E-state index >= 15 is 0 Å². The summed E-state index contributed by atoms with van der Waals surface area (Å²) in [5, 5.41) is 0.670. The first-order valence-corrected chi connectivity index (χ1v) is 6.18. The lowest BCUT2D eigenvalue weighted by Gasteiger charge is -2.45. The Bertz CT molecular complexity index is 637. The van der Waals surface area contributed by atoms with Crippen LogP contribution >= 0.6 is 11.6 Å². The number of pyridine rings is 1. The normalized spacial score (nSPS) is 18.5. The smallest absolute Gasteiger partial charge is 0.182 e. The zero-order valence-electron chi connectivity index (χ0n) is 9.52. The van der Waals surface area contributed by atoms with Crippen molar-refractivity contribution in [2.45, 2.75) is 5.60 Å². The number of rotatable bonds is 0. The maximum Gasteiger partial charge on any atom is 0.182 e. The molecule has 0 aliphatic carbocycles. The number of hydrogen-bond acceptors (Lipinski definition) is 3. The molecule has 2 aliphatic heterocycles. The van der Waals surface area contributed by atoms with E-state index in [4.69, 9.17) is 21.1 Å². The lowest BCUT2D eigenvalue weighted by Crippen LogP contribution is -2.53. The Balaban J connectivity index is 2.00. The van der Waals surface area contributed by atoms with E-state index in [1.54, 1.807) is 6.20 Å². The van der Waals surface area contributed by atoms with Crippen molar-refractivity contribution in [3.8, 4) is 17.0 Å². The van der Waals surface area contributed by atoms with E-state index in [0.717, 1.165) is 22.6 Å². The maximum absolute atomic E-state index is 6.11. The van der Waals surface area contributed by atoms with Crippen LogP contribution in [-0.2, 0) is 10.3 Å². The van der Waals surface area contributed by atoms with Gasteiger partial charge in [-0.2, -0.15) is 0 Å². The Kier molecular flexibility index (Phi) is 1.99. The molecular formula is C14H10ClNO2. The van der Waals surface area contributed by atoms with Crippen LogP contribution in [0.1, 0.15) is 5.56 Å². The van der Waals surface area contributed by atoms with Gasteiger partial charge in [0.15, 0.2) is 5.60 Å². The zero-order valence-corrected chi connectivity index (χ0v) is 10.3. The number of fused-ring (bicyclic) bond motifs is 4. The van der Waals surface area contributed by atoms with Gasteiger partial charge in [-0.25, -0.2) is 0 Å². The number of benzene rings is 1. The number of halogens is 1. The van der Waals surface area contributed by atoms with Gasteiger partial charge in [-0.05, 0) is 24.3 Å². The van der Waals surface area contributed by atoms with Crippen LogP contribution in [0, 0.1) is 0 Å². The molecule has 1 fully saturated rings. The Morgan fingerprint density at radius 2 is 2.11 bits per heavy atom. The summed E-state index contributed by atoms with van der Waals surface area (Å²) in [6.45, 7) is 1.13. The fraction of sp³-hybridized carbons (Fsp3) is 0.214. The minimum Gasteiger partial charge on any atom is -0.477 e. The number of ether oxygens (including phenoxy) is 2. The van der Waals surface area contributed by atoms with Crippen LogP contribution in [-0.4, -0.2) is 18.2 Å². The Morgan fingerprint density at radius 3 is 2.89 bits per heavy atom. The second kappa shape index (κ2) is 3.46. The van der Waals surface area contributed by atoms with Gasteiger partial charge >= 0.3 is 0 Å². The lowest BCUT2D eigenvalue weighted by atomic mass is 9.85. The van der Waals surface area contributed by atoms with Crippen LogP contribution in [0.25, 0.3) is 11.3 Å². The van der Waals surface area contributed by atoms with Gasteiger partial charge in [0.2, 0.25) is 0 Å². The minimum atomic E-state index is -0.374. The average Bonchev–Trinajstić information content (AvgIpc) is 2.35. The van der Waals surface area contributed by atoms with E-state index in [2.05, 4.69) is 11.1 Å². The molecule has 0 amide bonds. The molecule has 0 atom stereocenters. The molecule has 2 aromatic rings. The van der Waals surface area contributed by atoms with E-state index < -0.39 is 0 Å². The van der Waals surface area contributed by atoms with Crippen molar-refractivity contribution in [1.82, 2.24) is 4.98 Å². The molecule has 0 bridgehead atoms. The van der Waals surface area contributed by atoms with Gasteiger partial charge in [-0.15, -0.1) is 0 Å².